The summed E-state index contributed by atoms with van der Waals surface area (Å²) in [6.07, 6.45) is 10.1. The van der Waals surface area contributed by atoms with Crippen LogP contribution < -0.4 is 0 Å². The summed E-state index contributed by atoms with van der Waals surface area (Å²) in [5.74, 6) is 0.102. The summed E-state index contributed by atoms with van der Waals surface area (Å²) in [6, 6.07) is 14.3. The number of hydrogen-bond donors (Lipinski definition) is 1. The molecule has 5 rings (SSSR count). The molecule has 3 heterocycles. The molecule has 0 spiro atoms. The molecular weight excluding hydrogens is 400 g/mol. The van der Waals surface area contributed by atoms with E-state index in [0.717, 1.165) is 47.9 Å². The van der Waals surface area contributed by atoms with Gasteiger partial charge in [0.15, 0.2) is 5.78 Å². The van der Waals surface area contributed by atoms with Crippen molar-refractivity contribution in [1.82, 2.24) is 19.4 Å². The average Bonchev–Trinajstić information content (AvgIpc) is 3.40. The molecule has 1 aliphatic carbocycles. The van der Waals surface area contributed by atoms with Crippen molar-refractivity contribution >= 4 is 11.3 Å². The van der Waals surface area contributed by atoms with Gasteiger partial charge in [0.1, 0.15) is 5.69 Å². The van der Waals surface area contributed by atoms with Gasteiger partial charge in [0.2, 0.25) is 0 Å². The summed E-state index contributed by atoms with van der Waals surface area (Å²) >= 11 is 0. The van der Waals surface area contributed by atoms with Crippen molar-refractivity contribution in [3.05, 3.63) is 77.9 Å². The Labute approximate surface area is 187 Å². The van der Waals surface area contributed by atoms with Crippen LogP contribution in [-0.2, 0) is 13.5 Å². The quantitative estimate of drug-likeness (QED) is 0.461. The van der Waals surface area contributed by atoms with E-state index in [9.17, 15) is 9.90 Å². The summed E-state index contributed by atoms with van der Waals surface area (Å²) < 4.78 is 3.56. The second kappa shape index (κ2) is 8.71. The first-order chi connectivity index (χ1) is 15.6. The lowest BCUT2D eigenvalue weighted by atomic mass is 9.83. The third-order valence-electron chi connectivity index (χ3n) is 6.58. The number of nitrogens with zero attached hydrogens (tertiary/aromatic N) is 4. The van der Waals surface area contributed by atoms with Crippen LogP contribution in [0.5, 0.6) is 0 Å². The Morgan fingerprint density at radius 3 is 2.78 bits per heavy atom. The van der Waals surface area contributed by atoms with Gasteiger partial charge in [-0.1, -0.05) is 37.1 Å². The highest BCUT2D eigenvalue weighted by Gasteiger charge is 2.27. The molecule has 32 heavy (non-hydrogen) atoms. The van der Waals surface area contributed by atoms with Gasteiger partial charge < -0.3 is 5.11 Å². The number of ketones is 1. The van der Waals surface area contributed by atoms with Crippen LogP contribution in [0, 0.1) is 5.92 Å². The van der Waals surface area contributed by atoms with Crippen LogP contribution in [0.3, 0.4) is 0 Å². The maximum Gasteiger partial charge on any atom is 0.181 e. The number of aromatic nitrogens is 4. The molecule has 0 amide bonds. The van der Waals surface area contributed by atoms with E-state index in [1.165, 1.54) is 5.56 Å². The molecule has 3 aromatic heterocycles. The van der Waals surface area contributed by atoms with Gasteiger partial charge in [-0.25, -0.2) is 4.52 Å². The van der Waals surface area contributed by atoms with Crippen LogP contribution >= 0.6 is 0 Å². The molecule has 164 valence electrons. The Balaban J connectivity index is 1.43. The molecule has 6 nitrogen and oxygen atoms in total. The van der Waals surface area contributed by atoms with Crippen molar-refractivity contribution in [1.29, 1.82) is 0 Å². The molecule has 1 aromatic carbocycles. The minimum absolute atomic E-state index is 0.0464. The fraction of sp³-hybridized carbons (Fsp3) is 0.346. The number of rotatable bonds is 6. The molecule has 4 aromatic rings. The van der Waals surface area contributed by atoms with E-state index in [2.05, 4.69) is 34.5 Å². The number of Topliss-reactive ketones (excluding diaryl/α,β-unsaturated/α-hetero) is 1. The van der Waals surface area contributed by atoms with Crippen LogP contribution in [0.15, 0.2) is 61.1 Å². The van der Waals surface area contributed by atoms with E-state index in [0.29, 0.717) is 18.5 Å². The fourth-order valence-electron chi connectivity index (χ4n) is 4.87. The van der Waals surface area contributed by atoms with Crippen molar-refractivity contribution < 1.29 is 9.90 Å². The Hall–Kier alpha value is -3.25. The number of benzene rings is 1. The smallest absolute Gasteiger partial charge is 0.181 e. The number of carbonyl (C=O) groups is 1. The molecule has 0 saturated heterocycles. The second-order valence-electron chi connectivity index (χ2n) is 8.89. The number of carbonyl (C=O) groups excluding carboxylic acids is 1. The first-order valence-corrected chi connectivity index (χ1v) is 11.3. The second-order valence-corrected chi connectivity index (χ2v) is 8.89. The van der Waals surface area contributed by atoms with Crippen molar-refractivity contribution in [3.63, 3.8) is 0 Å². The van der Waals surface area contributed by atoms with Crippen LogP contribution in [0.2, 0.25) is 0 Å². The maximum absolute atomic E-state index is 13.2. The molecule has 1 fully saturated rings. The Kier molecular flexibility index (Phi) is 5.62. The Morgan fingerprint density at radius 1 is 1.09 bits per heavy atom. The van der Waals surface area contributed by atoms with E-state index in [-0.39, 0.29) is 17.8 Å². The van der Waals surface area contributed by atoms with Crippen LogP contribution in [0.4, 0.5) is 0 Å². The average molecular weight is 429 g/mol. The minimum atomic E-state index is -0.374. The van der Waals surface area contributed by atoms with E-state index in [1.54, 1.807) is 15.4 Å². The highest BCUT2D eigenvalue weighted by atomic mass is 16.3. The molecule has 2 atom stereocenters. The van der Waals surface area contributed by atoms with Gasteiger partial charge in [-0.3, -0.25) is 9.48 Å². The molecule has 0 radical (unpaired) electrons. The SMILES string of the molecule is Cn1cc(-c2cccc(Cc3cc(C(=O)C[C@H]4CCCC[C@@H]4O)n4ncccc34)c2)cn1. The Morgan fingerprint density at radius 2 is 1.97 bits per heavy atom. The van der Waals surface area contributed by atoms with Crippen LogP contribution in [-0.4, -0.2) is 36.4 Å². The molecule has 0 unspecified atom stereocenters. The molecule has 1 N–H and O–H groups in total. The molecule has 6 heteroatoms. The predicted octanol–water partition coefficient (Wildman–Crippen LogP) is 4.45. The van der Waals surface area contributed by atoms with Crippen LogP contribution in [0.25, 0.3) is 16.6 Å². The molecule has 0 aliphatic heterocycles. The molecule has 1 aliphatic rings. The summed E-state index contributed by atoms with van der Waals surface area (Å²) in [4.78, 5) is 13.2. The summed E-state index contributed by atoms with van der Waals surface area (Å²) in [7, 11) is 1.92. The molecule has 1 saturated carbocycles. The zero-order valence-electron chi connectivity index (χ0n) is 18.3. The van der Waals surface area contributed by atoms with Crippen molar-refractivity contribution in [3.8, 4) is 11.1 Å². The summed E-state index contributed by atoms with van der Waals surface area (Å²) in [5.41, 5.74) is 6.02. The zero-order valence-corrected chi connectivity index (χ0v) is 18.3. The molecular formula is C26H28N4O2. The maximum atomic E-state index is 13.2. The van der Waals surface area contributed by atoms with Gasteiger partial charge in [-0.15, -0.1) is 0 Å². The molecule has 0 bridgehead atoms. The van der Waals surface area contributed by atoms with Crippen LogP contribution in [0.1, 0.15) is 53.7 Å². The van der Waals surface area contributed by atoms with E-state index in [4.69, 9.17) is 0 Å². The Bertz CT molecular complexity index is 1260. The van der Waals surface area contributed by atoms with Crippen molar-refractivity contribution in [2.24, 2.45) is 13.0 Å². The summed E-state index contributed by atoms with van der Waals surface area (Å²) in [6.45, 7) is 0. The van der Waals surface area contributed by atoms with Gasteiger partial charge in [-0.2, -0.15) is 10.2 Å². The standard InChI is InChI=1S/C26H28N4O2/c1-29-17-22(16-28-29)19-8-4-6-18(12-19)13-21-14-24(30-23(21)9-5-11-27-30)26(32)15-20-7-2-3-10-25(20)31/h4-6,8-9,11-12,14,16-17,20,25,31H,2-3,7,10,13,15H2,1H3/t20-,25+/m1/s1. The van der Waals surface area contributed by atoms with Gasteiger partial charge in [0.25, 0.3) is 0 Å². The lowest BCUT2D eigenvalue weighted by Crippen LogP contribution is -2.27. The van der Waals surface area contributed by atoms with E-state index < -0.39 is 0 Å². The number of aliphatic hydroxyl groups is 1. The lowest BCUT2D eigenvalue weighted by molar-refractivity contribution is 0.0580. The number of aliphatic hydroxyl groups excluding tert-OH is 1. The van der Waals surface area contributed by atoms with E-state index >= 15 is 0 Å². The highest BCUT2D eigenvalue weighted by Crippen LogP contribution is 2.29. The monoisotopic (exact) mass is 428 g/mol. The summed E-state index contributed by atoms with van der Waals surface area (Å²) in [5, 5.41) is 19.1. The highest BCUT2D eigenvalue weighted by molar-refractivity contribution is 5.96. The normalized spacial score (nSPS) is 18.8. The third kappa shape index (κ3) is 4.10. The van der Waals surface area contributed by atoms with Gasteiger partial charge in [-0.05, 0) is 60.1 Å². The predicted molar refractivity (Wildman–Crippen MR) is 124 cm³/mol. The fourth-order valence-corrected chi connectivity index (χ4v) is 4.87. The van der Waals surface area contributed by atoms with Gasteiger partial charge >= 0.3 is 0 Å². The van der Waals surface area contributed by atoms with Gasteiger partial charge in [0.05, 0.1) is 17.8 Å². The first kappa shape index (κ1) is 20.6. The van der Waals surface area contributed by atoms with E-state index in [1.807, 2.05) is 37.6 Å². The largest absolute Gasteiger partial charge is 0.393 e. The van der Waals surface area contributed by atoms with Gasteiger partial charge in [0, 0.05) is 31.4 Å². The lowest BCUT2D eigenvalue weighted by Gasteiger charge is -2.26. The number of aryl methyl sites for hydroxylation is 1. The third-order valence-corrected chi connectivity index (χ3v) is 6.58. The minimum Gasteiger partial charge on any atom is -0.393 e. The zero-order chi connectivity index (χ0) is 22.1. The number of hydrogen-bond acceptors (Lipinski definition) is 4. The topological polar surface area (TPSA) is 72.4 Å². The first-order valence-electron chi connectivity index (χ1n) is 11.3. The van der Waals surface area contributed by atoms with Crippen molar-refractivity contribution in [2.45, 2.75) is 44.6 Å². The van der Waals surface area contributed by atoms with Crippen molar-refractivity contribution in [2.75, 3.05) is 0 Å². The number of fused-ring (bicyclic) bond motifs is 1.